The van der Waals surface area contributed by atoms with Crippen molar-refractivity contribution in [2.24, 2.45) is 0 Å². The molecular weight excluding hydrogens is 424 g/mol. The second-order valence-electron chi connectivity index (χ2n) is 7.93. The first-order chi connectivity index (χ1) is 15.3. The van der Waals surface area contributed by atoms with Crippen LogP contribution >= 0.6 is 0 Å². The Kier molecular flexibility index (Phi) is 5.93. The van der Waals surface area contributed by atoms with Gasteiger partial charge in [0.2, 0.25) is 10.0 Å². The van der Waals surface area contributed by atoms with Crippen molar-refractivity contribution >= 4 is 27.3 Å². The lowest BCUT2D eigenvalue weighted by Gasteiger charge is -2.43. The number of benzene rings is 3. The minimum Gasteiger partial charge on any atom is -0.496 e. The summed E-state index contributed by atoms with van der Waals surface area (Å²) in [6.07, 6.45) is 1.68. The van der Waals surface area contributed by atoms with Gasteiger partial charge >= 0.3 is 0 Å². The van der Waals surface area contributed by atoms with Crippen molar-refractivity contribution < 1.29 is 17.9 Å². The van der Waals surface area contributed by atoms with Crippen LogP contribution in [0.1, 0.15) is 35.3 Å². The van der Waals surface area contributed by atoms with Gasteiger partial charge in [0.1, 0.15) is 5.75 Å². The predicted octanol–water partition coefficient (Wildman–Crippen LogP) is 4.64. The van der Waals surface area contributed by atoms with Crippen molar-refractivity contribution in [3.8, 4) is 5.75 Å². The number of fused-ring (bicyclic) bond motifs is 1. The summed E-state index contributed by atoms with van der Waals surface area (Å²) in [6, 6.07) is 23.1. The highest BCUT2D eigenvalue weighted by Crippen LogP contribution is 2.44. The summed E-state index contributed by atoms with van der Waals surface area (Å²) in [4.78, 5) is 15.4. The number of ether oxygens (including phenoxy) is 1. The first-order valence-corrected chi connectivity index (χ1v) is 12.3. The Morgan fingerprint density at radius 1 is 0.969 bits per heavy atom. The Morgan fingerprint density at radius 2 is 1.59 bits per heavy atom. The fourth-order valence-corrected chi connectivity index (χ4v) is 5.61. The highest BCUT2D eigenvalue weighted by Gasteiger charge is 2.40. The third-order valence-corrected chi connectivity index (χ3v) is 6.95. The van der Waals surface area contributed by atoms with Crippen molar-refractivity contribution in [3.05, 3.63) is 90.0 Å². The smallest absolute Gasteiger partial charge is 0.262 e. The molecule has 0 fully saturated rings. The number of carbonyl (C=O) groups is 1. The van der Waals surface area contributed by atoms with Crippen LogP contribution in [0.3, 0.4) is 0 Å². The highest BCUT2D eigenvalue weighted by molar-refractivity contribution is 7.92. The Hall–Kier alpha value is -3.32. The zero-order valence-electron chi connectivity index (χ0n) is 18.3. The first kappa shape index (κ1) is 21.9. The molecule has 7 heteroatoms. The van der Waals surface area contributed by atoms with E-state index in [9.17, 15) is 13.2 Å². The summed E-state index contributed by atoms with van der Waals surface area (Å²) in [7, 11) is -2.03. The maximum atomic E-state index is 13.6. The van der Waals surface area contributed by atoms with E-state index < -0.39 is 16.1 Å². The second-order valence-corrected chi connectivity index (χ2v) is 9.79. The van der Waals surface area contributed by atoms with Crippen LogP contribution in [0, 0.1) is 0 Å². The quantitative estimate of drug-likeness (QED) is 0.568. The number of para-hydroxylation sites is 3. The van der Waals surface area contributed by atoms with E-state index in [2.05, 4.69) is 0 Å². The standard InChI is InChI=1S/C25H26N2O4S/c1-18-17-23(27(32(3,29)30)19-11-5-4-6-12-19)20-13-7-9-15-22(20)26(18)25(28)21-14-8-10-16-24(21)31-2/h4-16,18,23H,17H2,1-3H3. The van der Waals surface area contributed by atoms with Gasteiger partial charge in [-0.05, 0) is 49.2 Å². The van der Waals surface area contributed by atoms with Gasteiger partial charge in [0.15, 0.2) is 0 Å². The molecule has 0 saturated carbocycles. The molecule has 166 valence electrons. The van der Waals surface area contributed by atoms with Crippen LogP contribution in [-0.2, 0) is 10.0 Å². The van der Waals surface area contributed by atoms with Gasteiger partial charge < -0.3 is 9.64 Å². The van der Waals surface area contributed by atoms with E-state index >= 15 is 0 Å². The number of nitrogens with zero attached hydrogens (tertiary/aromatic N) is 2. The Morgan fingerprint density at radius 3 is 2.28 bits per heavy atom. The highest BCUT2D eigenvalue weighted by atomic mass is 32.2. The van der Waals surface area contributed by atoms with Crippen LogP contribution in [0.5, 0.6) is 5.75 Å². The van der Waals surface area contributed by atoms with Gasteiger partial charge in [-0.25, -0.2) is 8.42 Å². The molecule has 0 saturated heterocycles. The molecule has 32 heavy (non-hydrogen) atoms. The number of sulfonamides is 1. The van der Waals surface area contributed by atoms with Gasteiger partial charge in [-0.2, -0.15) is 0 Å². The maximum absolute atomic E-state index is 13.6. The van der Waals surface area contributed by atoms with Crippen molar-refractivity contribution in [1.29, 1.82) is 0 Å². The van der Waals surface area contributed by atoms with Gasteiger partial charge in [-0.3, -0.25) is 9.10 Å². The molecular formula is C25H26N2O4S. The number of carbonyl (C=O) groups excluding carboxylic acids is 1. The fraction of sp³-hybridized carbons (Fsp3) is 0.240. The fourth-order valence-electron chi connectivity index (χ4n) is 4.44. The molecule has 0 bridgehead atoms. The van der Waals surface area contributed by atoms with E-state index in [1.54, 1.807) is 42.3 Å². The molecule has 0 spiro atoms. The Labute approximate surface area is 189 Å². The molecule has 1 heterocycles. The summed E-state index contributed by atoms with van der Waals surface area (Å²) in [5.74, 6) is 0.331. The topological polar surface area (TPSA) is 66.9 Å². The summed E-state index contributed by atoms with van der Waals surface area (Å²) in [5, 5.41) is 0. The molecule has 3 aromatic carbocycles. The minimum absolute atomic E-state index is 0.175. The lowest BCUT2D eigenvalue weighted by molar-refractivity contribution is 0.0971. The molecule has 4 rings (SSSR count). The number of hydrogen-bond donors (Lipinski definition) is 0. The van der Waals surface area contributed by atoms with Crippen LogP contribution in [0.2, 0.25) is 0 Å². The van der Waals surface area contributed by atoms with E-state index in [1.807, 2.05) is 55.5 Å². The third-order valence-electron chi connectivity index (χ3n) is 5.77. The van der Waals surface area contributed by atoms with Crippen molar-refractivity contribution in [3.63, 3.8) is 0 Å². The van der Waals surface area contributed by atoms with Crippen LogP contribution in [0.25, 0.3) is 0 Å². The van der Waals surface area contributed by atoms with Crippen molar-refractivity contribution in [2.45, 2.75) is 25.4 Å². The number of hydrogen-bond acceptors (Lipinski definition) is 4. The molecule has 1 amide bonds. The SMILES string of the molecule is COc1ccccc1C(=O)N1c2ccccc2C(N(c2ccccc2)S(C)(=O)=O)CC1C. The number of amides is 1. The molecule has 3 aromatic rings. The molecule has 0 radical (unpaired) electrons. The molecule has 0 N–H and O–H groups in total. The molecule has 1 aliphatic rings. The normalized spacial score (nSPS) is 18.0. The van der Waals surface area contributed by atoms with E-state index in [0.29, 0.717) is 29.1 Å². The molecule has 1 aliphatic heterocycles. The summed E-state index contributed by atoms with van der Waals surface area (Å²) >= 11 is 0. The van der Waals surface area contributed by atoms with E-state index in [0.717, 1.165) is 5.56 Å². The number of anilines is 2. The molecule has 6 nitrogen and oxygen atoms in total. The van der Waals surface area contributed by atoms with Crippen LogP contribution in [0.4, 0.5) is 11.4 Å². The average Bonchev–Trinajstić information content (AvgIpc) is 2.78. The number of methoxy groups -OCH3 is 1. The summed E-state index contributed by atoms with van der Waals surface area (Å²) < 4.78 is 32.7. The average molecular weight is 451 g/mol. The third kappa shape index (κ3) is 3.96. The van der Waals surface area contributed by atoms with E-state index in [4.69, 9.17) is 4.74 Å². The molecule has 2 unspecified atom stereocenters. The Bertz CT molecular complexity index is 1230. The largest absolute Gasteiger partial charge is 0.496 e. The lowest BCUT2D eigenvalue weighted by atomic mass is 9.90. The summed E-state index contributed by atoms with van der Waals surface area (Å²) in [6.45, 7) is 1.95. The zero-order chi connectivity index (χ0) is 22.9. The number of rotatable bonds is 5. The van der Waals surface area contributed by atoms with Crippen LogP contribution in [-0.4, -0.2) is 33.7 Å². The predicted molar refractivity (Wildman–Crippen MR) is 127 cm³/mol. The van der Waals surface area contributed by atoms with Crippen molar-refractivity contribution in [1.82, 2.24) is 0 Å². The van der Waals surface area contributed by atoms with Gasteiger partial charge in [0, 0.05) is 11.7 Å². The molecule has 0 aliphatic carbocycles. The first-order valence-electron chi connectivity index (χ1n) is 10.4. The zero-order valence-corrected chi connectivity index (χ0v) is 19.1. The van der Waals surface area contributed by atoms with Crippen LogP contribution in [0.15, 0.2) is 78.9 Å². The monoisotopic (exact) mass is 450 g/mol. The van der Waals surface area contributed by atoms with Gasteiger partial charge in [-0.1, -0.05) is 48.5 Å². The lowest BCUT2D eigenvalue weighted by Crippen LogP contribution is -2.47. The molecule has 0 aromatic heterocycles. The van der Waals surface area contributed by atoms with Crippen LogP contribution < -0.4 is 13.9 Å². The van der Waals surface area contributed by atoms with Crippen molar-refractivity contribution in [2.75, 3.05) is 22.6 Å². The van der Waals surface area contributed by atoms with E-state index in [1.165, 1.54) is 10.6 Å². The second kappa shape index (κ2) is 8.67. The maximum Gasteiger partial charge on any atom is 0.262 e. The minimum atomic E-state index is -3.57. The van der Waals surface area contributed by atoms with Gasteiger partial charge in [0.05, 0.1) is 30.7 Å². The Balaban J connectivity index is 1.83. The van der Waals surface area contributed by atoms with Gasteiger partial charge in [-0.15, -0.1) is 0 Å². The van der Waals surface area contributed by atoms with Gasteiger partial charge in [0.25, 0.3) is 5.91 Å². The summed E-state index contributed by atoms with van der Waals surface area (Å²) in [5.41, 5.74) is 2.57. The molecule has 2 atom stereocenters. The van der Waals surface area contributed by atoms with E-state index in [-0.39, 0.29) is 11.9 Å².